The lowest BCUT2D eigenvalue weighted by atomic mass is 10.1. The topological polar surface area (TPSA) is 52.3 Å². The number of hydrogen-bond donors (Lipinski definition) is 0. The third kappa shape index (κ3) is 2.14. The normalized spacial score (nSPS) is 11.1. The average molecular weight is 303 g/mol. The minimum absolute atomic E-state index is 0.458. The van der Waals surface area contributed by atoms with E-state index in [1.54, 1.807) is 11.6 Å². The first kappa shape index (κ1) is 13.8. The molecule has 1 aromatic carbocycles. The van der Waals surface area contributed by atoms with Gasteiger partial charge in [-0.3, -0.25) is 0 Å². The van der Waals surface area contributed by atoms with Gasteiger partial charge >= 0.3 is 0 Å². The number of halogens is 1. The number of nitrogens with zero attached hydrogens (tertiary/aromatic N) is 4. The molecule has 0 amide bonds. The zero-order chi connectivity index (χ0) is 15.1. The van der Waals surface area contributed by atoms with Gasteiger partial charge in [0.2, 0.25) is 0 Å². The lowest BCUT2D eigenvalue weighted by Gasteiger charge is -2.07. The van der Waals surface area contributed by atoms with Crippen LogP contribution in [0.5, 0.6) is 5.75 Å². The summed E-state index contributed by atoms with van der Waals surface area (Å²) >= 11 is 6.18. The van der Waals surface area contributed by atoms with E-state index in [0.29, 0.717) is 16.6 Å². The fourth-order valence-corrected chi connectivity index (χ4v) is 2.45. The first-order chi connectivity index (χ1) is 10.0. The summed E-state index contributed by atoms with van der Waals surface area (Å²) in [5.41, 5.74) is 4.56. The molecule has 2 heterocycles. The summed E-state index contributed by atoms with van der Waals surface area (Å²) in [6, 6.07) is 5.88. The van der Waals surface area contributed by atoms with E-state index in [2.05, 4.69) is 15.3 Å². The molecule has 0 saturated carbocycles. The summed E-state index contributed by atoms with van der Waals surface area (Å²) in [5, 5.41) is 13.3. The number of ether oxygens (including phenoxy) is 1. The van der Waals surface area contributed by atoms with Gasteiger partial charge in [0.15, 0.2) is 16.6 Å². The van der Waals surface area contributed by atoms with Crippen molar-refractivity contribution in [3.8, 4) is 17.1 Å². The summed E-state index contributed by atoms with van der Waals surface area (Å²) in [7, 11) is 1.65. The van der Waals surface area contributed by atoms with Crippen LogP contribution in [0.15, 0.2) is 18.2 Å². The molecule has 0 saturated heterocycles. The number of benzene rings is 1. The van der Waals surface area contributed by atoms with E-state index in [0.717, 1.165) is 28.0 Å². The maximum absolute atomic E-state index is 6.18. The van der Waals surface area contributed by atoms with Crippen molar-refractivity contribution in [2.45, 2.75) is 20.8 Å². The van der Waals surface area contributed by atoms with Gasteiger partial charge < -0.3 is 4.74 Å². The molecule has 2 aromatic heterocycles. The zero-order valence-electron chi connectivity index (χ0n) is 12.3. The van der Waals surface area contributed by atoms with E-state index < -0.39 is 0 Å². The number of aryl methyl sites for hydroxylation is 2. The standard InChI is InChI=1S/C15H15ClN4O/c1-8-5-6-11(7-12(8)21-4)15-18-17-14-10(3)9(2)13(16)19-20(14)15/h5-7H,1-4H3. The molecule has 0 aliphatic carbocycles. The van der Waals surface area contributed by atoms with E-state index >= 15 is 0 Å². The van der Waals surface area contributed by atoms with E-state index in [9.17, 15) is 0 Å². The molecule has 0 aliphatic heterocycles. The highest BCUT2D eigenvalue weighted by molar-refractivity contribution is 6.30. The predicted molar refractivity (Wildman–Crippen MR) is 82.0 cm³/mol. The lowest BCUT2D eigenvalue weighted by molar-refractivity contribution is 0.412. The van der Waals surface area contributed by atoms with Crippen LogP contribution in [0.4, 0.5) is 0 Å². The van der Waals surface area contributed by atoms with Crippen LogP contribution in [-0.4, -0.2) is 26.9 Å². The Bertz CT molecular complexity index is 841. The van der Waals surface area contributed by atoms with Crippen LogP contribution in [0.1, 0.15) is 16.7 Å². The van der Waals surface area contributed by atoms with Gasteiger partial charge in [-0.1, -0.05) is 23.7 Å². The quantitative estimate of drug-likeness (QED) is 0.728. The number of aromatic nitrogens is 4. The first-order valence-corrected chi connectivity index (χ1v) is 6.94. The molecule has 0 atom stereocenters. The average Bonchev–Trinajstić information content (AvgIpc) is 2.89. The summed E-state index contributed by atoms with van der Waals surface area (Å²) in [6.45, 7) is 5.88. The highest BCUT2D eigenvalue weighted by atomic mass is 35.5. The summed E-state index contributed by atoms with van der Waals surface area (Å²) in [4.78, 5) is 0. The highest BCUT2D eigenvalue weighted by Gasteiger charge is 2.15. The third-order valence-electron chi connectivity index (χ3n) is 3.70. The second-order valence-electron chi connectivity index (χ2n) is 4.98. The van der Waals surface area contributed by atoms with Gasteiger partial charge in [0.1, 0.15) is 5.75 Å². The Kier molecular flexibility index (Phi) is 3.29. The second-order valence-corrected chi connectivity index (χ2v) is 5.34. The van der Waals surface area contributed by atoms with Gasteiger partial charge in [-0.15, -0.1) is 10.2 Å². The smallest absolute Gasteiger partial charge is 0.185 e. The van der Waals surface area contributed by atoms with Crippen molar-refractivity contribution in [3.05, 3.63) is 40.0 Å². The Morgan fingerprint density at radius 3 is 2.57 bits per heavy atom. The monoisotopic (exact) mass is 302 g/mol. The second kappa shape index (κ2) is 5.00. The van der Waals surface area contributed by atoms with Crippen molar-refractivity contribution in [1.29, 1.82) is 0 Å². The molecule has 6 heteroatoms. The third-order valence-corrected chi connectivity index (χ3v) is 4.06. The first-order valence-electron chi connectivity index (χ1n) is 6.56. The molecule has 21 heavy (non-hydrogen) atoms. The van der Waals surface area contributed by atoms with E-state index in [1.165, 1.54) is 0 Å². The van der Waals surface area contributed by atoms with Gasteiger partial charge in [-0.2, -0.15) is 9.61 Å². The summed E-state index contributed by atoms with van der Waals surface area (Å²) in [5.74, 6) is 1.45. The van der Waals surface area contributed by atoms with Crippen LogP contribution in [0.2, 0.25) is 5.15 Å². The number of fused-ring (bicyclic) bond motifs is 1. The number of methoxy groups -OCH3 is 1. The van der Waals surface area contributed by atoms with E-state index in [4.69, 9.17) is 16.3 Å². The van der Waals surface area contributed by atoms with Gasteiger partial charge in [0.05, 0.1) is 7.11 Å². The van der Waals surface area contributed by atoms with Gasteiger partial charge in [-0.25, -0.2) is 0 Å². The Balaban J connectivity index is 2.26. The lowest BCUT2D eigenvalue weighted by Crippen LogP contribution is -2.00. The molecule has 0 unspecified atom stereocenters. The number of hydrogen-bond acceptors (Lipinski definition) is 4. The van der Waals surface area contributed by atoms with Crippen LogP contribution in [-0.2, 0) is 0 Å². The molecule has 5 nitrogen and oxygen atoms in total. The molecule has 0 aliphatic rings. The van der Waals surface area contributed by atoms with Gasteiger partial charge in [0, 0.05) is 11.1 Å². The van der Waals surface area contributed by atoms with Crippen LogP contribution >= 0.6 is 11.6 Å². The van der Waals surface area contributed by atoms with E-state index in [-0.39, 0.29) is 0 Å². The fraction of sp³-hybridized carbons (Fsp3) is 0.267. The number of rotatable bonds is 2. The van der Waals surface area contributed by atoms with Crippen LogP contribution in [0.25, 0.3) is 17.0 Å². The fourth-order valence-electron chi connectivity index (χ4n) is 2.23. The molecule has 0 N–H and O–H groups in total. The predicted octanol–water partition coefficient (Wildman–Crippen LogP) is 3.38. The highest BCUT2D eigenvalue weighted by Crippen LogP contribution is 2.27. The van der Waals surface area contributed by atoms with Crippen molar-refractivity contribution in [2.24, 2.45) is 0 Å². The molecular weight excluding hydrogens is 288 g/mol. The van der Waals surface area contributed by atoms with Crippen LogP contribution < -0.4 is 4.74 Å². The summed E-state index contributed by atoms with van der Waals surface area (Å²) in [6.07, 6.45) is 0. The van der Waals surface area contributed by atoms with Crippen molar-refractivity contribution in [3.63, 3.8) is 0 Å². The van der Waals surface area contributed by atoms with Crippen molar-refractivity contribution in [2.75, 3.05) is 7.11 Å². The van der Waals surface area contributed by atoms with Crippen molar-refractivity contribution < 1.29 is 4.74 Å². The minimum Gasteiger partial charge on any atom is -0.496 e. The maximum Gasteiger partial charge on any atom is 0.185 e. The zero-order valence-corrected chi connectivity index (χ0v) is 13.1. The Morgan fingerprint density at radius 2 is 1.86 bits per heavy atom. The van der Waals surface area contributed by atoms with Crippen LogP contribution in [0, 0.1) is 20.8 Å². The van der Waals surface area contributed by atoms with Gasteiger partial charge in [0.25, 0.3) is 0 Å². The molecule has 0 radical (unpaired) electrons. The SMILES string of the molecule is COc1cc(-c2nnc3c(C)c(C)c(Cl)nn23)ccc1C. The molecular formula is C15H15ClN4O. The maximum atomic E-state index is 6.18. The molecule has 0 fully saturated rings. The van der Waals surface area contributed by atoms with Crippen LogP contribution in [0.3, 0.4) is 0 Å². The molecule has 108 valence electrons. The molecule has 3 rings (SSSR count). The molecule has 0 bridgehead atoms. The molecule has 0 spiro atoms. The minimum atomic E-state index is 0.458. The Morgan fingerprint density at radius 1 is 1.10 bits per heavy atom. The van der Waals surface area contributed by atoms with E-state index in [1.807, 2.05) is 39.0 Å². The van der Waals surface area contributed by atoms with Gasteiger partial charge in [-0.05, 0) is 38.0 Å². The molecule has 3 aromatic rings. The Labute approximate surface area is 127 Å². The Hall–Kier alpha value is -2.14. The van der Waals surface area contributed by atoms with Crippen molar-refractivity contribution in [1.82, 2.24) is 19.8 Å². The largest absolute Gasteiger partial charge is 0.496 e. The summed E-state index contributed by atoms with van der Waals surface area (Å²) < 4.78 is 7.03. The van der Waals surface area contributed by atoms with Crippen molar-refractivity contribution >= 4 is 17.2 Å².